The second kappa shape index (κ2) is 9.57. The molecule has 0 saturated carbocycles. The molecule has 0 aliphatic rings. The number of carbonyl (C=O) groups is 1. The molecule has 0 aliphatic heterocycles. The van der Waals surface area contributed by atoms with Crippen LogP contribution in [0.25, 0.3) is 26.4 Å². The second-order valence-electron chi connectivity index (χ2n) is 7.34. The van der Waals surface area contributed by atoms with Gasteiger partial charge in [0.15, 0.2) is 5.70 Å². The fourth-order valence-electron chi connectivity index (χ4n) is 3.61. The maximum Gasteiger partial charge on any atom is 0.339 e. The van der Waals surface area contributed by atoms with Gasteiger partial charge in [0.05, 0.1) is 5.56 Å². The maximum absolute atomic E-state index is 11.6. The number of phenols is 2. The number of benzene rings is 4. The van der Waals surface area contributed by atoms with Crippen molar-refractivity contribution in [2.24, 2.45) is 9.98 Å². The molecular formula is C27H16N4O4. The van der Waals surface area contributed by atoms with E-state index in [0.29, 0.717) is 21.7 Å². The molecule has 0 aromatic heterocycles. The van der Waals surface area contributed by atoms with E-state index in [9.17, 15) is 25.4 Å². The van der Waals surface area contributed by atoms with Crippen LogP contribution in [-0.2, 0) is 0 Å². The quantitative estimate of drug-likeness (QED) is 0.213. The summed E-state index contributed by atoms with van der Waals surface area (Å²) in [4.78, 5) is 23.0. The summed E-state index contributed by atoms with van der Waals surface area (Å²) in [5.74, 6) is -2.24. The monoisotopic (exact) mass is 460 g/mol. The van der Waals surface area contributed by atoms with E-state index in [1.807, 2.05) is 18.2 Å². The first-order chi connectivity index (χ1) is 16.9. The second-order valence-corrected chi connectivity index (χ2v) is 7.34. The number of nitrogens with zero attached hydrogens (tertiary/aromatic N) is 4. The van der Waals surface area contributed by atoms with Crippen molar-refractivity contribution in [3.63, 3.8) is 0 Å². The number of phenolic OH excluding ortho intramolecular Hbond substituents is 1. The molecule has 0 bridgehead atoms. The van der Waals surface area contributed by atoms with Crippen LogP contribution in [0, 0.1) is 17.9 Å². The fourth-order valence-corrected chi connectivity index (χ4v) is 3.61. The normalized spacial score (nSPS) is 12.1. The van der Waals surface area contributed by atoms with Gasteiger partial charge < -0.3 is 20.2 Å². The number of allylic oxidation sites excluding steroid dienone is 1. The zero-order valence-electron chi connectivity index (χ0n) is 18.0. The van der Waals surface area contributed by atoms with Gasteiger partial charge >= 0.3 is 11.8 Å². The Balaban J connectivity index is 1.81. The van der Waals surface area contributed by atoms with Crippen molar-refractivity contribution < 1.29 is 20.1 Å². The number of aliphatic imine (C=N–C) groups is 2. The largest absolute Gasteiger partial charge is 0.507 e. The molecule has 4 rings (SSSR count). The van der Waals surface area contributed by atoms with Crippen molar-refractivity contribution in [3.8, 4) is 17.6 Å². The minimum atomic E-state index is -1.32. The molecule has 35 heavy (non-hydrogen) atoms. The van der Waals surface area contributed by atoms with Crippen LogP contribution < -0.4 is 0 Å². The average Bonchev–Trinajstić information content (AvgIpc) is 2.87. The van der Waals surface area contributed by atoms with Crippen molar-refractivity contribution >= 4 is 39.9 Å². The summed E-state index contributed by atoms with van der Waals surface area (Å²) in [6.45, 7) is 7.47. The Hall–Kier alpha value is -5.47. The van der Waals surface area contributed by atoms with E-state index in [-0.39, 0.29) is 28.4 Å². The molecule has 3 N–H and O–H groups in total. The number of aromatic hydroxyl groups is 2. The minimum Gasteiger partial charge on any atom is -0.507 e. The van der Waals surface area contributed by atoms with Crippen LogP contribution in [0.4, 0.5) is 0 Å². The third-order valence-electron chi connectivity index (χ3n) is 5.30. The van der Waals surface area contributed by atoms with Crippen LogP contribution in [0.3, 0.4) is 0 Å². The predicted octanol–water partition coefficient (Wildman–Crippen LogP) is 5.25. The van der Waals surface area contributed by atoms with Gasteiger partial charge in [-0.25, -0.2) is 4.79 Å². The Bertz CT molecular complexity index is 1670. The molecule has 0 fully saturated rings. The topological polar surface area (TPSA) is 131 Å². The fraction of sp³-hybridized carbons (Fsp3) is 0. The number of carboxylic acid groups (broad SMARTS) is 1. The Morgan fingerprint density at radius 1 is 0.914 bits per heavy atom. The lowest BCUT2D eigenvalue weighted by Crippen LogP contribution is -2.00. The molecule has 0 aliphatic carbocycles. The van der Waals surface area contributed by atoms with Gasteiger partial charge in [0.25, 0.3) is 0 Å². The van der Waals surface area contributed by atoms with E-state index in [2.05, 4.69) is 14.8 Å². The first-order valence-corrected chi connectivity index (χ1v) is 10.2. The highest BCUT2D eigenvalue weighted by Crippen LogP contribution is 2.31. The molecule has 0 saturated heterocycles. The molecule has 0 heterocycles. The van der Waals surface area contributed by atoms with E-state index < -0.39 is 11.7 Å². The molecule has 0 radical (unpaired) electrons. The molecular weight excluding hydrogens is 444 g/mol. The summed E-state index contributed by atoms with van der Waals surface area (Å²) >= 11 is 0. The summed E-state index contributed by atoms with van der Waals surface area (Å²) in [6, 6.07) is 20.5. The van der Waals surface area contributed by atoms with Crippen molar-refractivity contribution in [2.75, 3.05) is 0 Å². The lowest BCUT2D eigenvalue weighted by Gasteiger charge is -2.07. The number of hydrogen-bond acceptors (Lipinski definition) is 6. The van der Waals surface area contributed by atoms with Crippen LogP contribution in [0.5, 0.6) is 11.5 Å². The third kappa shape index (κ3) is 4.40. The zero-order chi connectivity index (χ0) is 24.9. The third-order valence-corrected chi connectivity index (χ3v) is 5.30. The number of aromatic carboxylic acids is 1. The highest BCUT2D eigenvalue weighted by Gasteiger charge is 2.17. The first-order valence-electron chi connectivity index (χ1n) is 10.2. The predicted molar refractivity (Wildman–Crippen MR) is 133 cm³/mol. The van der Waals surface area contributed by atoms with Crippen LogP contribution in [-0.4, -0.2) is 33.7 Å². The van der Waals surface area contributed by atoms with Crippen LogP contribution >= 0.6 is 0 Å². The summed E-state index contributed by atoms with van der Waals surface area (Å²) < 4.78 is 0. The summed E-state index contributed by atoms with van der Waals surface area (Å²) in [5, 5.41) is 42.5. The molecule has 0 unspecified atom stereocenters. The SMILES string of the molecule is [C-]#[N+]C(/N=C/c1c(O)c(C(=O)O)cc2ccccc12)=C(C#N)/N=C/c1c(O)ccc2ccccc12. The van der Waals surface area contributed by atoms with E-state index in [1.54, 1.807) is 42.5 Å². The summed E-state index contributed by atoms with van der Waals surface area (Å²) in [6.07, 6.45) is 2.43. The number of hydrogen-bond donors (Lipinski definition) is 3. The van der Waals surface area contributed by atoms with Gasteiger partial charge in [-0.05, 0) is 33.7 Å². The zero-order valence-corrected chi connectivity index (χ0v) is 18.0. The molecule has 4 aromatic carbocycles. The van der Waals surface area contributed by atoms with Gasteiger partial charge in [-0.15, -0.1) is 4.99 Å². The molecule has 0 amide bonds. The molecule has 8 nitrogen and oxygen atoms in total. The van der Waals surface area contributed by atoms with E-state index in [4.69, 9.17) is 6.57 Å². The molecule has 0 atom stereocenters. The first kappa shape index (κ1) is 22.7. The highest BCUT2D eigenvalue weighted by molar-refractivity contribution is 6.08. The van der Waals surface area contributed by atoms with Gasteiger partial charge in [0.2, 0.25) is 0 Å². The summed E-state index contributed by atoms with van der Waals surface area (Å²) in [5.41, 5.74) is -0.165. The Labute approximate surface area is 199 Å². The number of nitriles is 1. The molecule has 4 aromatic rings. The van der Waals surface area contributed by atoms with Crippen LogP contribution in [0.1, 0.15) is 21.5 Å². The van der Waals surface area contributed by atoms with Crippen molar-refractivity contribution in [2.45, 2.75) is 0 Å². The minimum absolute atomic E-state index is 0.0421. The lowest BCUT2D eigenvalue weighted by atomic mass is 10.00. The van der Waals surface area contributed by atoms with Gasteiger partial charge in [-0.1, -0.05) is 61.2 Å². The molecule has 8 heteroatoms. The molecule has 0 spiro atoms. The van der Waals surface area contributed by atoms with Gasteiger partial charge in [0.1, 0.15) is 29.3 Å². The van der Waals surface area contributed by atoms with Crippen molar-refractivity contribution in [1.29, 1.82) is 5.26 Å². The van der Waals surface area contributed by atoms with E-state index in [1.165, 1.54) is 18.3 Å². The Kier molecular flexibility index (Phi) is 6.21. The van der Waals surface area contributed by atoms with Crippen LogP contribution in [0.2, 0.25) is 0 Å². The maximum atomic E-state index is 11.6. The Morgan fingerprint density at radius 2 is 1.54 bits per heavy atom. The number of fused-ring (bicyclic) bond motifs is 2. The standard InChI is InChI=1S/C27H16N4O4/c1-29-26(23(13-28)30-14-21-18-8-4-2-6-16(18)10-11-24(21)32)31-15-22-19-9-5-3-7-17(19)12-20(25(22)33)27(34)35/h2-12,14-15,32-33H,(H,34,35)/b26-23-,30-14+,31-15+. The lowest BCUT2D eigenvalue weighted by molar-refractivity contribution is 0.0694. The van der Waals surface area contributed by atoms with Gasteiger partial charge in [-0.3, -0.25) is 4.99 Å². The molecule has 168 valence electrons. The van der Waals surface area contributed by atoms with E-state index in [0.717, 1.165) is 11.6 Å². The smallest absolute Gasteiger partial charge is 0.339 e. The van der Waals surface area contributed by atoms with Crippen molar-refractivity contribution in [1.82, 2.24) is 0 Å². The number of rotatable bonds is 5. The average molecular weight is 460 g/mol. The highest BCUT2D eigenvalue weighted by atomic mass is 16.4. The Morgan fingerprint density at radius 3 is 2.20 bits per heavy atom. The van der Waals surface area contributed by atoms with Gasteiger partial charge in [-0.2, -0.15) is 5.26 Å². The van der Waals surface area contributed by atoms with Crippen molar-refractivity contribution in [3.05, 3.63) is 106 Å². The number of carboxylic acids is 1. The van der Waals surface area contributed by atoms with Crippen LogP contribution in [0.15, 0.2) is 88.2 Å². The summed E-state index contributed by atoms with van der Waals surface area (Å²) in [7, 11) is 0. The van der Waals surface area contributed by atoms with E-state index >= 15 is 0 Å². The van der Waals surface area contributed by atoms with Gasteiger partial charge in [0, 0.05) is 11.8 Å².